The van der Waals surface area contributed by atoms with Gasteiger partial charge in [0.25, 0.3) is 0 Å². The summed E-state index contributed by atoms with van der Waals surface area (Å²) in [5, 5.41) is 2.08. The van der Waals surface area contributed by atoms with E-state index >= 15 is 0 Å². The molecule has 0 spiro atoms. The number of nitrogens with zero attached hydrogens (tertiary/aromatic N) is 4. The van der Waals surface area contributed by atoms with Gasteiger partial charge in [0, 0.05) is 55.6 Å². The van der Waals surface area contributed by atoms with Gasteiger partial charge in [-0.3, -0.25) is 4.57 Å². The lowest BCUT2D eigenvalue weighted by Crippen LogP contribution is -2.34. The van der Waals surface area contributed by atoms with Gasteiger partial charge in [0.1, 0.15) is 24.0 Å². The summed E-state index contributed by atoms with van der Waals surface area (Å²) in [6, 6.07) is 73.5. The molecule has 5 heteroatoms. The van der Waals surface area contributed by atoms with E-state index in [1.165, 1.54) is 44.5 Å². The highest BCUT2D eigenvalue weighted by molar-refractivity contribution is 6.10. The maximum absolute atomic E-state index is 9.08. The van der Waals surface area contributed by atoms with Gasteiger partial charge in [-0.25, -0.2) is 4.98 Å². The Kier molecular flexibility index (Phi) is 11.9. The van der Waals surface area contributed by atoms with E-state index in [2.05, 4.69) is 272 Å². The lowest BCUT2D eigenvalue weighted by atomic mass is 9.61. The van der Waals surface area contributed by atoms with Crippen LogP contribution in [0.4, 0.5) is 22.7 Å². The lowest BCUT2D eigenvalue weighted by Gasteiger charge is -2.43. The van der Waals surface area contributed by atoms with Crippen LogP contribution in [0.5, 0.6) is 11.5 Å². The molecule has 1 aliphatic carbocycles. The molecule has 5 nitrogen and oxygen atoms in total. The molecule has 0 saturated heterocycles. The third-order valence-electron chi connectivity index (χ3n) is 17.6. The Morgan fingerprint density at radius 1 is 0.476 bits per heavy atom. The molecule has 2 aromatic heterocycles. The van der Waals surface area contributed by atoms with Gasteiger partial charge in [0.05, 0.1) is 28.1 Å². The van der Waals surface area contributed by atoms with E-state index in [0.717, 1.165) is 74.1 Å². The summed E-state index contributed by atoms with van der Waals surface area (Å²) in [6.07, 6.45) is 3.87. The van der Waals surface area contributed by atoms with Gasteiger partial charge >= 0.3 is 0 Å². The molecule has 82 heavy (non-hydrogen) atoms. The first-order chi connectivity index (χ1) is 40.5. The predicted octanol–water partition coefficient (Wildman–Crippen LogP) is 21.1. The van der Waals surface area contributed by atoms with Gasteiger partial charge in [-0.1, -0.05) is 197 Å². The average molecular weight is 1070 g/mol. The number of anilines is 4. The van der Waals surface area contributed by atoms with Crippen LogP contribution in [0.25, 0.3) is 72.1 Å². The summed E-state index contributed by atoms with van der Waals surface area (Å²) in [6.45, 7) is 20.9. The van der Waals surface area contributed by atoms with Crippen molar-refractivity contribution in [3.63, 3.8) is 0 Å². The summed E-state index contributed by atoms with van der Waals surface area (Å²) < 4.78 is 36.3. The normalized spacial score (nSPS) is 15.5. The van der Waals surface area contributed by atoms with Crippen LogP contribution < -0.4 is 14.5 Å². The highest BCUT2D eigenvalue weighted by atomic mass is 16.5. The van der Waals surface area contributed by atoms with Crippen LogP contribution in [0.15, 0.2) is 212 Å². The Hall–Kier alpha value is -8.67. The summed E-state index contributed by atoms with van der Waals surface area (Å²) in [5.41, 5.74) is 19.6. The van der Waals surface area contributed by atoms with Crippen LogP contribution >= 0.6 is 0 Å². The van der Waals surface area contributed by atoms with Gasteiger partial charge in [0.15, 0.2) is 0 Å². The highest BCUT2D eigenvalue weighted by Gasteiger charge is 2.39. The van der Waals surface area contributed by atoms with Crippen molar-refractivity contribution in [1.82, 2.24) is 9.55 Å². The number of hydrogen-bond acceptors (Lipinski definition) is 4. The minimum atomic E-state index is -2.42. The number of aryl methyl sites for hydroxylation is 1. The number of benzene rings is 9. The molecule has 9 aromatic carbocycles. The zero-order valence-electron chi connectivity index (χ0n) is 52.0. The molecular formula is C77H74N4O. The van der Waals surface area contributed by atoms with Crippen molar-refractivity contribution >= 4 is 44.6 Å². The zero-order chi connectivity index (χ0) is 59.4. The molecule has 11 aromatic rings. The van der Waals surface area contributed by atoms with Crippen LogP contribution in [0.2, 0.25) is 0 Å². The average Bonchev–Trinajstić information content (AvgIpc) is 2.90. The molecule has 1 aliphatic heterocycles. The first kappa shape index (κ1) is 49.2. The molecule has 0 N–H and O–H groups in total. The quantitative estimate of drug-likeness (QED) is 0.144. The second-order valence-electron chi connectivity index (χ2n) is 26.1. The summed E-state index contributed by atoms with van der Waals surface area (Å²) in [5.74, 6) is 1.87. The minimum Gasteiger partial charge on any atom is -0.457 e. The monoisotopic (exact) mass is 1070 g/mol. The Morgan fingerprint density at radius 3 is 1.78 bits per heavy atom. The highest BCUT2D eigenvalue weighted by Crippen LogP contribution is 2.53. The topological polar surface area (TPSA) is 33.5 Å². The fraction of sp³-hybridized carbons (Fsp3) is 0.234. The molecular weight excluding hydrogens is 997 g/mol. The smallest absolute Gasteiger partial charge is 0.137 e. The first-order valence-electron chi connectivity index (χ1n) is 30.6. The fourth-order valence-electron chi connectivity index (χ4n) is 12.9. The van der Waals surface area contributed by atoms with Crippen molar-refractivity contribution in [2.75, 3.05) is 16.5 Å². The molecule has 408 valence electrons. The summed E-state index contributed by atoms with van der Waals surface area (Å²) in [7, 11) is 0. The van der Waals surface area contributed by atoms with Crippen LogP contribution in [0.1, 0.15) is 114 Å². The van der Waals surface area contributed by atoms with Crippen molar-refractivity contribution in [1.29, 1.82) is 0 Å². The molecule has 0 radical (unpaired) electrons. The molecule has 0 saturated carbocycles. The molecule has 2 aliphatic rings. The molecule has 13 rings (SSSR count). The number of aromatic nitrogens is 2. The van der Waals surface area contributed by atoms with Crippen molar-refractivity contribution in [2.45, 2.75) is 111 Å². The van der Waals surface area contributed by atoms with Crippen molar-refractivity contribution in [3.05, 3.63) is 240 Å². The summed E-state index contributed by atoms with van der Waals surface area (Å²) in [4.78, 5) is 10.1. The third-order valence-corrected chi connectivity index (χ3v) is 17.6. The van der Waals surface area contributed by atoms with Crippen LogP contribution in [-0.4, -0.2) is 16.2 Å². The van der Waals surface area contributed by atoms with Gasteiger partial charge < -0.3 is 14.5 Å². The van der Waals surface area contributed by atoms with Crippen molar-refractivity contribution in [3.8, 4) is 61.8 Å². The van der Waals surface area contributed by atoms with E-state index < -0.39 is 6.85 Å². The lowest BCUT2D eigenvalue weighted by molar-refractivity contribution is 0.333. The Labute approximate surface area is 489 Å². The Bertz CT molecular complexity index is 4370. The molecule has 0 amide bonds. The van der Waals surface area contributed by atoms with E-state index in [1.807, 2.05) is 18.3 Å². The maximum Gasteiger partial charge on any atom is 0.137 e. The number of fused-ring (bicyclic) bond motifs is 5. The molecule has 3 heterocycles. The third kappa shape index (κ3) is 9.34. The second kappa shape index (κ2) is 19.8. The molecule has 0 bridgehead atoms. The standard InChI is InChI=1S/C77H74N4O/c1-50-42-71(78-48-65(50)61-28-21-29-66-72(61)77(10,11)41-40-76(66,8)9)81-67-39-36-55(74(2,3)4)43-64(67)60-38-37-59(47-70(60)81)82-58-27-20-26-57(46-58)79-49-80(69-31-19-18-30-68(69)79)73-62(53-24-16-13-17-25-53)44-56(75(5,6)7)45-63(73)54-34-32-52(33-35-54)51-22-14-12-15-23-51/h12-39,42-48H,40-41,49H2,1-11H3/i1D3. The van der Waals surface area contributed by atoms with Crippen LogP contribution in [-0.2, 0) is 21.7 Å². The Balaban J connectivity index is 0.903. The molecule has 0 fully saturated rings. The van der Waals surface area contributed by atoms with Crippen molar-refractivity contribution < 1.29 is 8.85 Å². The molecule has 0 unspecified atom stereocenters. The van der Waals surface area contributed by atoms with E-state index in [9.17, 15) is 0 Å². The number of para-hydroxylation sites is 2. The molecule has 0 atom stereocenters. The maximum atomic E-state index is 9.08. The predicted molar refractivity (Wildman–Crippen MR) is 346 cm³/mol. The van der Waals surface area contributed by atoms with Crippen molar-refractivity contribution in [2.24, 2.45) is 0 Å². The van der Waals surface area contributed by atoms with E-state index in [4.69, 9.17) is 13.8 Å². The first-order valence-corrected chi connectivity index (χ1v) is 29.1. The summed E-state index contributed by atoms with van der Waals surface area (Å²) >= 11 is 0. The second-order valence-corrected chi connectivity index (χ2v) is 26.1. The van der Waals surface area contributed by atoms with Crippen LogP contribution in [0, 0.1) is 6.85 Å². The largest absolute Gasteiger partial charge is 0.457 e. The van der Waals surface area contributed by atoms with Gasteiger partial charge in [-0.2, -0.15) is 0 Å². The van der Waals surface area contributed by atoms with Crippen LogP contribution in [0.3, 0.4) is 0 Å². The van der Waals surface area contributed by atoms with Gasteiger partial charge in [0.2, 0.25) is 0 Å². The number of ether oxygens (including phenoxy) is 1. The number of hydrogen-bond donors (Lipinski definition) is 0. The van der Waals surface area contributed by atoms with Gasteiger partial charge in [-0.15, -0.1) is 0 Å². The fourth-order valence-corrected chi connectivity index (χ4v) is 12.9. The van der Waals surface area contributed by atoms with E-state index in [0.29, 0.717) is 29.5 Å². The van der Waals surface area contributed by atoms with E-state index in [1.54, 1.807) is 6.07 Å². The zero-order valence-corrected chi connectivity index (χ0v) is 49.0. The minimum absolute atomic E-state index is 0.0417. The Morgan fingerprint density at radius 2 is 1.09 bits per heavy atom. The van der Waals surface area contributed by atoms with Gasteiger partial charge in [-0.05, 0) is 164 Å². The number of pyridine rings is 1. The van der Waals surface area contributed by atoms with E-state index in [-0.39, 0.29) is 27.2 Å². The SMILES string of the molecule is [2H]C([2H])([2H])c1cc(-n2c3ccc(C(C)(C)C)cc3c3ccc(Oc4cccc(N5CN(c6c(-c7ccccc7)cc(C(C)(C)C)cc6-c6ccc(-c7ccccc7)cc6)c6ccccc65)c4)cc32)ncc1-c1cccc2c1C(C)(C)CCC2(C)C. The number of rotatable bonds is 9.